The second-order valence-electron chi connectivity index (χ2n) is 5.59. The Bertz CT molecular complexity index is 944. The van der Waals surface area contributed by atoms with Crippen LogP contribution < -0.4 is 10.0 Å². The third kappa shape index (κ3) is 3.89. The zero-order valence-electron chi connectivity index (χ0n) is 13.4. The fourth-order valence-corrected chi connectivity index (χ4v) is 3.64. The third-order valence-electron chi connectivity index (χ3n) is 3.77. The normalized spacial score (nSPS) is 17.0. The maximum Gasteiger partial charge on any atom is 0.324 e. The highest BCUT2D eigenvalue weighted by molar-refractivity contribution is 7.89. The fourth-order valence-electron chi connectivity index (χ4n) is 2.42. The molecule has 0 unspecified atom stereocenters. The predicted octanol–water partition coefficient (Wildman–Crippen LogP) is 1.67. The molecule has 7 nitrogen and oxygen atoms in total. The second-order valence-corrected chi connectivity index (χ2v) is 7.30. The van der Waals surface area contributed by atoms with Gasteiger partial charge in [-0.05, 0) is 36.4 Å². The van der Waals surface area contributed by atoms with Crippen molar-refractivity contribution in [2.45, 2.75) is 17.4 Å². The van der Waals surface area contributed by atoms with Gasteiger partial charge in [0.15, 0.2) is 0 Å². The molecule has 1 amide bonds. The number of benzene rings is 2. The summed E-state index contributed by atoms with van der Waals surface area (Å²) in [5, 5.41) is 2.49. The van der Waals surface area contributed by atoms with Crippen LogP contribution in [-0.2, 0) is 19.6 Å². The molecule has 26 heavy (non-hydrogen) atoms. The van der Waals surface area contributed by atoms with E-state index in [1.54, 1.807) is 0 Å². The van der Waals surface area contributed by atoms with Crippen molar-refractivity contribution in [2.24, 2.45) is 0 Å². The summed E-state index contributed by atoms with van der Waals surface area (Å²) in [7, 11) is -3.90. The van der Waals surface area contributed by atoms with E-state index in [-0.39, 0.29) is 23.5 Å². The molecular formula is C17H15FN2O5S. The van der Waals surface area contributed by atoms with E-state index in [1.165, 1.54) is 48.5 Å². The van der Waals surface area contributed by atoms with Crippen LogP contribution in [0.4, 0.5) is 10.1 Å². The molecule has 1 aliphatic rings. The van der Waals surface area contributed by atoms with Gasteiger partial charge in [0.05, 0.1) is 17.1 Å². The third-order valence-corrected chi connectivity index (χ3v) is 5.26. The number of cyclic esters (lactones) is 1. The molecule has 0 radical (unpaired) electrons. The fraction of sp³-hybridized carbons (Fsp3) is 0.176. The summed E-state index contributed by atoms with van der Waals surface area (Å²) in [6, 6.07) is 9.92. The smallest absolute Gasteiger partial charge is 0.324 e. The van der Waals surface area contributed by atoms with E-state index in [1.807, 2.05) is 0 Å². The number of halogens is 1. The number of hydrogen-bond acceptors (Lipinski definition) is 5. The zero-order chi connectivity index (χ0) is 18.7. The summed E-state index contributed by atoms with van der Waals surface area (Å²) in [4.78, 5) is 23.4. The minimum Gasteiger partial charge on any atom is -0.464 e. The van der Waals surface area contributed by atoms with Crippen LogP contribution in [0.3, 0.4) is 0 Å². The van der Waals surface area contributed by atoms with Gasteiger partial charge in [0.2, 0.25) is 10.0 Å². The highest BCUT2D eigenvalue weighted by Gasteiger charge is 2.31. The molecule has 0 bridgehead atoms. The van der Waals surface area contributed by atoms with Gasteiger partial charge in [0.1, 0.15) is 11.9 Å². The molecule has 1 fully saturated rings. The topological polar surface area (TPSA) is 102 Å². The first-order chi connectivity index (χ1) is 12.4. The zero-order valence-corrected chi connectivity index (χ0v) is 14.3. The minimum atomic E-state index is -3.90. The van der Waals surface area contributed by atoms with E-state index < -0.39 is 33.8 Å². The molecule has 1 heterocycles. The van der Waals surface area contributed by atoms with E-state index in [4.69, 9.17) is 4.74 Å². The lowest BCUT2D eigenvalue weighted by Crippen LogP contribution is -2.37. The van der Waals surface area contributed by atoms with Crippen molar-refractivity contribution in [1.82, 2.24) is 4.72 Å². The van der Waals surface area contributed by atoms with Crippen molar-refractivity contribution in [3.8, 4) is 0 Å². The lowest BCUT2D eigenvalue weighted by atomic mass is 10.2. The van der Waals surface area contributed by atoms with Gasteiger partial charge in [-0.2, -0.15) is 4.72 Å². The number of anilines is 1. The minimum absolute atomic E-state index is 0.0684. The number of carbonyl (C=O) groups excluding carboxylic acids is 2. The van der Waals surface area contributed by atoms with E-state index in [2.05, 4.69) is 10.0 Å². The van der Waals surface area contributed by atoms with Gasteiger partial charge < -0.3 is 10.1 Å². The van der Waals surface area contributed by atoms with Gasteiger partial charge in [-0.1, -0.05) is 12.1 Å². The first kappa shape index (κ1) is 18.0. The number of sulfonamides is 1. The number of nitrogens with one attached hydrogen (secondary N) is 2. The lowest BCUT2D eigenvalue weighted by molar-refractivity contribution is -0.139. The SMILES string of the molecule is O=C(Nc1ccc(S(=O)(=O)N[C@H]2CCOC2=O)cc1)c1ccccc1F. The molecule has 0 aromatic heterocycles. The first-order valence-corrected chi connectivity index (χ1v) is 9.20. The van der Waals surface area contributed by atoms with Crippen molar-refractivity contribution in [3.05, 3.63) is 59.9 Å². The first-order valence-electron chi connectivity index (χ1n) is 7.72. The van der Waals surface area contributed by atoms with Gasteiger partial charge in [0, 0.05) is 12.1 Å². The number of amides is 1. The largest absolute Gasteiger partial charge is 0.464 e. The monoisotopic (exact) mass is 378 g/mol. The number of carbonyl (C=O) groups is 2. The molecule has 2 aromatic rings. The number of ether oxygens (including phenoxy) is 1. The average molecular weight is 378 g/mol. The van der Waals surface area contributed by atoms with Crippen LogP contribution in [0, 0.1) is 5.82 Å². The number of rotatable bonds is 5. The molecule has 2 N–H and O–H groups in total. The molecule has 1 aliphatic heterocycles. The van der Waals surface area contributed by atoms with Crippen molar-refractivity contribution in [3.63, 3.8) is 0 Å². The Balaban J connectivity index is 1.71. The standard InChI is InChI=1S/C17H15FN2O5S/c18-14-4-2-1-3-13(14)16(21)19-11-5-7-12(8-6-11)26(23,24)20-15-9-10-25-17(15)22/h1-8,15,20H,9-10H2,(H,19,21)/t15-/m0/s1. The molecule has 2 aromatic carbocycles. The maximum absolute atomic E-state index is 13.6. The van der Waals surface area contributed by atoms with E-state index >= 15 is 0 Å². The Kier molecular flexibility index (Phi) is 5.01. The summed E-state index contributed by atoms with van der Waals surface area (Å²) in [5.41, 5.74) is 0.183. The van der Waals surface area contributed by atoms with Crippen molar-refractivity contribution in [2.75, 3.05) is 11.9 Å². The van der Waals surface area contributed by atoms with Gasteiger partial charge in [-0.25, -0.2) is 12.8 Å². The van der Waals surface area contributed by atoms with Crippen LogP contribution in [0.15, 0.2) is 53.4 Å². The molecule has 136 valence electrons. The van der Waals surface area contributed by atoms with Crippen LogP contribution >= 0.6 is 0 Å². The van der Waals surface area contributed by atoms with Crippen molar-refractivity contribution in [1.29, 1.82) is 0 Å². The quantitative estimate of drug-likeness (QED) is 0.771. The Labute approximate surface area is 149 Å². The average Bonchev–Trinajstić information content (AvgIpc) is 3.00. The lowest BCUT2D eigenvalue weighted by Gasteiger charge is -2.11. The van der Waals surface area contributed by atoms with Crippen molar-refractivity contribution >= 4 is 27.6 Å². The summed E-state index contributed by atoms with van der Waals surface area (Å²) in [6.07, 6.45) is 0.273. The van der Waals surface area contributed by atoms with Gasteiger partial charge >= 0.3 is 5.97 Å². The molecule has 0 saturated carbocycles. The Morgan fingerprint density at radius 3 is 2.42 bits per heavy atom. The molecule has 1 atom stereocenters. The Hall–Kier alpha value is -2.78. The number of hydrogen-bond donors (Lipinski definition) is 2. The number of esters is 1. The van der Waals surface area contributed by atoms with Gasteiger partial charge in [-0.3, -0.25) is 9.59 Å². The van der Waals surface area contributed by atoms with Crippen LogP contribution in [0.5, 0.6) is 0 Å². The van der Waals surface area contributed by atoms with Crippen LogP contribution in [0.2, 0.25) is 0 Å². The summed E-state index contributed by atoms with van der Waals surface area (Å²) < 4.78 is 45.2. The second kappa shape index (κ2) is 7.22. The van der Waals surface area contributed by atoms with Gasteiger partial charge in [-0.15, -0.1) is 0 Å². The van der Waals surface area contributed by atoms with Crippen LogP contribution in [-0.4, -0.2) is 32.9 Å². The summed E-state index contributed by atoms with van der Waals surface area (Å²) in [5.74, 6) is -1.91. The predicted molar refractivity (Wildman–Crippen MR) is 90.5 cm³/mol. The molecule has 9 heteroatoms. The molecule has 0 aliphatic carbocycles. The molecule has 3 rings (SSSR count). The summed E-state index contributed by atoms with van der Waals surface area (Å²) >= 11 is 0. The van der Waals surface area contributed by atoms with Crippen molar-refractivity contribution < 1.29 is 27.1 Å². The molecule has 0 spiro atoms. The van der Waals surface area contributed by atoms with E-state index in [0.29, 0.717) is 5.69 Å². The molecule has 1 saturated heterocycles. The Morgan fingerprint density at radius 1 is 1.12 bits per heavy atom. The van der Waals surface area contributed by atoms with Crippen LogP contribution in [0.1, 0.15) is 16.8 Å². The van der Waals surface area contributed by atoms with Gasteiger partial charge in [0.25, 0.3) is 5.91 Å². The van der Waals surface area contributed by atoms with Crippen LogP contribution in [0.25, 0.3) is 0 Å². The van der Waals surface area contributed by atoms with E-state index in [0.717, 1.165) is 0 Å². The molecular weight excluding hydrogens is 363 g/mol. The summed E-state index contributed by atoms with van der Waals surface area (Å²) in [6.45, 7) is 0.174. The highest BCUT2D eigenvalue weighted by Crippen LogP contribution is 2.17. The Morgan fingerprint density at radius 2 is 1.81 bits per heavy atom. The highest BCUT2D eigenvalue weighted by atomic mass is 32.2. The maximum atomic E-state index is 13.6. The van der Waals surface area contributed by atoms with E-state index in [9.17, 15) is 22.4 Å².